The average molecular weight is 383 g/mol. The molecule has 2 heterocycles. The highest BCUT2D eigenvalue weighted by molar-refractivity contribution is 6.31. The summed E-state index contributed by atoms with van der Waals surface area (Å²) in [4.78, 5) is 28.3. The molecule has 2 amide bonds. The van der Waals surface area contributed by atoms with Crippen LogP contribution in [0.2, 0.25) is 5.02 Å². The molecule has 2 aliphatic heterocycles. The zero-order valence-corrected chi connectivity index (χ0v) is 15.5. The summed E-state index contributed by atoms with van der Waals surface area (Å²) >= 11 is 5.96. The van der Waals surface area contributed by atoms with E-state index in [-0.39, 0.29) is 23.4 Å². The maximum atomic E-state index is 14.2. The minimum atomic E-state index is -0.564. The Kier molecular flexibility index (Phi) is 6.48. The van der Waals surface area contributed by atoms with Crippen molar-refractivity contribution >= 4 is 23.4 Å². The Morgan fingerprint density at radius 3 is 2.81 bits per heavy atom. The number of hydrogen-bond acceptors (Lipinski definition) is 3. The maximum Gasteiger partial charge on any atom is 0.257 e. The average Bonchev–Trinajstić information content (AvgIpc) is 3.06. The van der Waals surface area contributed by atoms with Crippen molar-refractivity contribution in [2.45, 2.75) is 38.1 Å². The highest BCUT2D eigenvalue weighted by atomic mass is 35.5. The van der Waals surface area contributed by atoms with Crippen LogP contribution >= 0.6 is 11.6 Å². The monoisotopic (exact) mass is 382 g/mol. The van der Waals surface area contributed by atoms with E-state index in [1.165, 1.54) is 18.2 Å². The van der Waals surface area contributed by atoms with Crippen molar-refractivity contribution in [1.29, 1.82) is 0 Å². The van der Waals surface area contributed by atoms with Gasteiger partial charge in [0.15, 0.2) is 0 Å². The van der Waals surface area contributed by atoms with E-state index in [9.17, 15) is 14.0 Å². The Balaban J connectivity index is 1.70. The summed E-state index contributed by atoms with van der Waals surface area (Å²) in [5, 5.41) is 0.337. The first-order valence-corrected chi connectivity index (χ1v) is 9.55. The van der Waals surface area contributed by atoms with Gasteiger partial charge in [-0.05, 0) is 43.9 Å². The molecule has 142 valence electrons. The number of likely N-dealkylation sites (tertiary alicyclic amines) is 1. The molecular weight excluding hydrogens is 359 g/mol. The van der Waals surface area contributed by atoms with E-state index in [0.717, 1.165) is 25.8 Å². The number of carbonyl (C=O) groups excluding carboxylic acids is 2. The molecule has 0 radical (unpaired) electrons. The first-order valence-electron chi connectivity index (χ1n) is 9.18. The van der Waals surface area contributed by atoms with Crippen LogP contribution in [0.1, 0.15) is 42.5 Å². The fraction of sp³-hybridized carbons (Fsp3) is 0.579. The molecule has 0 saturated carbocycles. The number of nitrogens with zero attached hydrogens (tertiary/aromatic N) is 2. The van der Waals surface area contributed by atoms with Gasteiger partial charge in [0.25, 0.3) is 5.91 Å². The first kappa shape index (κ1) is 19.1. The molecule has 0 spiro atoms. The van der Waals surface area contributed by atoms with E-state index in [1.807, 2.05) is 4.90 Å². The van der Waals surface area contributed by atoms with Gasteiger partial charge in [-0.25, -0.2) is 4.39 Å². The SMILES string of the molecule is O=C1CCCN1CCCN(C(=O)c1cc(Cl)ccc1F)C1CCOCC1. The van der Waals surface area contributed by atoms with E-state index in [1.54, 1.807) is 4.90 Å². The van der Waals surface area contributed by atoms with Crippen LogP contribution in [0.5, 0.6) is 0 Å². The van der Waals surface area contributed by atoms with Crippen LogP contribution in [0.4, 0.5) is 4.39 Å². The van der Waals surface area contributed by atoms with Gasteiger partial charge in [-0.2, -0.15) is 0 Å². The largest absolute Gasteiger partial charge is 0.381 e. The molecule has 26 heavy (non-hydrogen) atoms. The third-order valence-corrected chi connectivity index (χ3v) is 5.28. The van der Waals surface area contributed by atoms with E-state index < -0.39 is 5.82 Å². The summed E-state index contributed by atoms with van der Waals surface area (Å²) in [5.74, 6) is -0.731. The highest BCUT2D eigenvalue weighted by Crippen LogP contribution is 2.22. The van der Waals surface area contributed by atoms with Gasteiger partial charge < -0.3 is 14.5 Å². The van der Waals surface area contributed by atoms with Crippen molar-refractivity contribution < 1.29 is 18.7 Å². The molecule has 7 heteroatoms. The summed E-state index contributed by atoms with van der Waals surface area (Å²) in [7, 11) is 0. The third kappa shape index (κ3) is 4.54. The van der Waals surface area contributed by atoms with E-state index in [0.29, 0.717) is 44.2 Å². The molecule has 3 rings (SSSR count). The van der Waals surface area contributed by atoms with Crippen LogP contribution in [0, 0.1) is 5.82 Å². The number of rotatable bonds is 6. The molecule has 2 fully saturated rings. The predicted octanol–water partition coefficient (Wildman–Crippen LogP) is 3.11. The molecule has 1 aromatic rings. The normalized spacial score (nSPS) is 18.4. The Labute approximate surface area is 158 Å². The zero-order chi connectivity index (χ0) is 18.5. The standard InChI is InChI=1S/C19H24ClFN2O3/c20-14-4-5-17(21)16(13-14)19(25)23(15-6-11-26-12-7-15)10-2-9-22-8-1-3-18(22)24/h4-5,13,15H,1-3,6-12H2. The fourth-order valence-corrected chi connectivity index (χ4v) is 3.81. The number of halogens is 2. The van der Waals surface area contributed by atoms with Crippen LogP contribution in [-0.2, 0) is 9.53 Å². The summed E-state index contributed by atoms with van der Waals surface area (Å²) in [5.41, 5.74) is 0.00115. The van der Waals surface area contributed by atoms with Crippen molar-refractivity contribution in [3.05, 3.63) is 34.6 Å². The lowest BCUT2D eigenvalue weighted by Crippen LogP contribution is -2.45. The van der Waals surface area contributed by atoms with Gasteiger partial charge in [-0.1, -0.05) is 11.6 Å². The van der Waals surface area contributed by atoms with Crippen molar-refractivity contribution in [1.82, 2.24) is 9.80 Å². The topological polar surface area (TPSA) is 49.9 Å². The number of carbonyl (C=O) groups is 2. The van der Waals surface area contributed by atoms with Gasteiger partial charge in [-0.3, -0.25) is 9.59 Å². The van der Waals surface area contributed by atoms with Gasteiger partial charge in [-0.15, -0.1) is 0 Å². The lowest BCUT2D eigenvalue weighted by molar-refractivity contribution is -0.127. The molecule has 0 aliphatic carbocycles. The zero-order valence-electron chi connectivity index (χ0n) is 14.8. The van der Waals surface area contributed by atoms with Crippen LogP contribution in [-0.4, -0.2) is 60.5 Å². The van der Waals surface area contributed by atoms with Gasteiger partial charge >= 0.3 is 0 Å². The molecule has 0 bridgehead atoms. The molecule has 2 saturated heterocycles. The number of amides is 2. The lowest BCUT2D eigenvalue weighted by atomic mass is 10.0. The fourth-order valence-electron chi connectivity index (χ4n) is 3.64. The van der Waals surface area contributed by atoms with Gasteiger partial charge in [0, 0.05) is 50.3 Å². The van der Waals surface area contributed by atoms with Crippen LogP contribution in [0.15, 0.2) is 18.2 Å². The molecular formula is C19H24ClFN2O3. The van der Waals surface area contributed by atoms with Crippen LogP contribution in [0.3, 0.4) is 0 Å². The lowest BCUT2D eigenvalue weighted by Gasteiger charge is -2.35. The first-order chi connectivity index (χ1) is 12.6. The molecule has 5 nitrogen and oxygen atoms in total. The minimum absolute atomic E-state index is 0.00115. The van der Waals surface area contributed by atoms with Gasteiger partial charge in [0.1, 0.15) is 5.82 Å². The number of benzene rings is 1. The molecule has 1 aromatic carbocycles. The second-order valence-corrected chi connectivity index (χ2v) is 7.24. The maximum absolute atomic E-state index is 14.2. The van der Waals surface area contributed by atoms with Crippen molar-refractivity contribution in [3.63, 3.8) is 0 Å². The van der Waals surface area contributed by atoms with Crippen LogP contribution < -0.4 is 0 Å². The summed E-state index contributed by atoms with van der Waals surface area (Å²) in [6, 6.07) is 4.06. The Bertz CT molecular complexity index is 664. The third-order valence-electron chi connectivity index (χ3n) is 5.05. The van der Waals surface area contributed by atoms with Gasteiger partial charge in [0.2, 0.25) is 5.91 Å². The van der Waals surface area contributed by atoms with E-state index in [4.69, 9.17) is 16.3 Å². The predicted molar refractivity (Wildman–Crippen MR) is 96.7 cm³/mol. The smallest absolute Gasteiger partial charge is 0.257 e. The Morgan fingerprint density at radius 1 is 1.35 bits per heavy atom. The van der Waals surface area contributed by atoms with Gasteiger partial charge in [0.05, 0.1) is 5.56 Å². The van der Waals surface area contributed by atoms with E-state index in [2.05, 4.69) is 0 Å². The second kappa shape index (κ2) is 8.82. The number of hydrogen-bond donors (Lipinski definition) is 0. The molecule has 0 N–H and O–H groups in total. The molecule has 0 atom stereocenters. The Hall–Kier alpha value is -1.66. The molecule has 0 unspecified atom stereocenters. The van der Waals surface area contributed by atoms with E-state index >= 15 is 0 Å². The Morgan fingerprint density at radius 2 is 2.12 bits per heavy atom. The summed E-state index contributed by atoms with van der Waals surface area (Å²) in [6.07, 6.45) is 3.65. The minimum Gasteiger partial charge on any atom is -0.381 e. The summed E-state index contributed by atoms with van der Waals surface area (Å²) < 4.78 is 19.6. The molecule has 2 aliphatic rings. The highest BCUT2D eigenvalue weighted by Gasteiger charge is 2.28. The van der Waals surface area contributed by atoms with Crippen molar-refractivity contribution in [2.24, 2.45) is 0 Å². The van der Waals surface area contributed by atoms with Crippen molar-refractivity contribution in [3.8, 4) is 0 Å². The number of ether oxygens (including phenoxy) is 1. The van der Waals surface area contributed by atoms with Crippen LogP contribution in [0.25, 0.3) is 0 Å². The molecule has 0 aromatic heterocycles. The summed E-state index contributed by atoms with van der Waals surface area (Å²) in [6.45, 7) is 3.09. The quantitative estimate of drug-likeness (QED) is 0.759. The second-order valence-electron chi connectivity index (χ2n) is 6.80. The van der Waals surface area contributed by atoms with Crippen molar-refractivity contribution in [2.75, 3.05) is 32.8 Å².